The summed E-state index contributed by atoms with van der Waals surface area (Å²) in [6, 6.07) is 6.81. The van der Waals surface area contributed by atoms with Gasteiger partial charge < -0.3 is 15.2 Å². The van der Waals surface area contributed by atoms with Crippen molar-refractivity contribution in [3.8, 4) is 11.6 Å². The fourth-order valence-corrected chi connectivity index (χ4v) is 1.93. The molecule has 9 heteroatoms. The number of phenols is 1. The van der Waals surface area contributed by atoms with E-state index < -0.39 is 18.7 Å². The summed E-state index contributed by atoms with van der Waals surface area (Å²) in [6.45, 7) is -1.44. The first-order chi connectivity index (χ1) is 11.2. The van der Waals surface area contributed by atoms with E-state index in [4.69, 9.17) is 11.6 Å². The molecule has 0 aliphatic rings. The van der Waals surface area contributed by atoms with E-state index in [2.05, 4.69) is 15.0 Å². The Morgan fingerprint density at radius 1 is 1.29 bits per heavy atom. The number of nitrogens with zero attached hydrogens (tertiary/aromatic N) is 1. The Balaban J connectivity index is 1.99. The molecule has 0 saturated carbocycles. The van der Waals surface area contributed by atoms with Crippen LogP contribution in [-0.4, -0.2) is 28.8 Å². The van der Waals surface area contributed by atoms with E-state index in [-0.39, 0.29) is 28.8 Å². The second kappa shape index (κ2) is 7.39. The van der Waals surface area contributed by atoms with Crippen LogP contribution < -0.4 is 10.1 Å². The summed E-state index contributed by atoms with van der Waals surface area (Å²) in [5.41, 5.74) is 0.474. The predicted molar refractivity (Wildman–Crippen MR) is 80.1 cm³/mol. The van der Waals surface area contributed by atoms with Crippen LogP contribution >= 0.6 is 11.6 Å². The lowest BCUT2D eigenvalue weighted by Crippen LogP contribution is -2.23. The van der Waals surface area contributed by atoms with Gasteiger partial charge in [0.1, 0.15) is 5.75 Å². The number of aromatic hydroxyl groups is 1. The van der Waals surface area contributed by atoms with Crippen LogP contribution in [-0.2, 0) is 6.54 Å². The number of ether oxygens (including phenoxy) is 1. The number of benzene rings is 1. The van der Waals surface area contributed by atoms with Gasteiger partial charge in [-0.3, -0.25) is 4.79 Å². The number of halogens is 4. The van der Waals surface area contributed by atoms with E-state index in [1.54, 1.807) is 0 Å². The van der Waals surface area contributed by atoms with Crippen molar-refractivity contribution in [3.05, 3.63) is 52.7 Å². The highest BCUT2D eigenvalue weighted by Gasteiger charge is 2.28. The summed E-state index contributed by atoms with van der Waals surface area (Å²) in [7, 11) is 0. The minimum atomic E-state index is -4.46. The number of alkyl halides is 3. The number of rotatable bonds is 5. The van der Waals surface area contributed by atoms with Crippen molar-refractivity contribution >= 4 is 17.5 Å². The first-order valence-electron chi connectivity index (χ1n) is 6.66. The molecule has 0 bridgehead atoms. The first kappa shape index (κ1) is 17.9. The minimum Gasteiger partial charge on any atom is -0.507 e. The summed E-state index contributed by atoms with van der Waals surface area (Å²) < 4.78 is 40.9. The van der Waals surface area contributed by atoms with Gasteiger partial charge >= 0.3 is 6.18 Å². The van der Waals surface area contributed by atoms with Crippen LogP contribution in [0, 0.1) is 0 Å². The van der Waals surface area contributed by atoms with Gasteiger partial charge in [0.2, 0.25) is 5.88 Å². The van der Waals surface area contributed by atoms with Crippen molar-refractivity contribution in [3.63, 3.8) is 0 Å². The first-order valence-corrected chi connectivity index (χ1v) is 7.03. The van der Waals surface area contributed by atoms with E-state index in [1.165, 1.54) is 36.5 Å². The SMILES string of the molecule is O=C(NCc1ccnc(OCC(F)(F)F)c1)c1cc(Cl)ccc1O. The Hall–Kier alpha value is -2.48. The molecule has 2 N–H and O–H groups in total. The lowest BCUT2D eigenvalue weighted by Gasteiger charge is -2.10. The van der Waals surface area contributed by atoms with Gasteiger partial charge in [-0.15, -0.1) is 0 Å². The van der Waals surface area contributed by atoms with Gasteiger partial charge in [0.15, 0.2) is 6.61 Å². The van der Waals surface area contributed by atoms with E-state index >= 15 is 0 Å². The van der Waals surface area contributed by atoms with Crippen molar-refractivity contribution in [2.45, 2.75) is 12.7 Å². The van der Waals surface area contributed by atoms with E-state index in [0.717, 1.165) is 0 Å². The van der Waals surface area contributed by atoms with Gasteiger partial charge in [0.25, 0.3) is 5.91 Å². The molecule has 5 nitrogen and oxygen atoms in total. The van der Waals surface area contributed by atoms with Gasteiger partial charge in [-0.25, -0.2) is 4.98 Å². The molecule has 128 valence electrons. The highest BCUT2D eigenvalue weighted by Crippen LogP contribution is 2.21. The standard InChI is InChI=1S/C15H12ClF3N2O3/c16-10-1-2-12(22)11(6-10)14(23)21-7-9-3-4-20-13(5-9)24-8-15(17,18)19/h1-6,22H,7-8H2,(H,21,23). The molecule has 0 radical (unpaired) electrons. The maximum absolute atomic E-state index is 12.1. The van der Waals surface area contributed by atoms with E-state index in [9.17, 15) is 23.1 Å². The minimum absolute atomic E-state index is 0.00917. The number of nitrogens with one attached hydrogen (secondary N) is 1. The predicted octanol–water partition coefficient (Wildman–Crippen LogP) is 3.31. The second-order valence-electron chi connectivity index (χ2n) is 4.75. The van der Waals surface area contributed by atoms with Crippen LogP contribution in [0.1, 0.15) is 15.9 Å². The molecule has 0 aliphatic carbocycles. The van der Waals surface area contributed by atoms with Crippen LogP contribution in [0.5, 0.6) is 11.6 Å². The molecular formula is C15H12ClF3N2O3. The van der Waals surface area contributed by atoms with Crippen molar-refractivity contribution in [1.29, 1.82) is 0 Å². The molecule has 1 heterocycles. The zero-order chi connectivity index (χ0) is 17.7. The number of pyridine rings is 1. The summed E-state index contributed by atoms with van der Waals surface area (Å²) >= 11 is 5.76. The van der Waals surface area contributed by atoms with Crippen molar-refractivity contribution in [2.75, 3.05) is 6.61 Å². The molecule has 1 aromatic carbocycles. The number of hydrogen-bond acceptors (Lipinski definition) is 4. The van der Waals surface area contributed by atoms with Crippen LogP contribution in [0.3, 0.4) is 0 Å². The molecule has 2 aromatic rings. The largest absolute Gasteiger partial charge is 0.507 e. The van der Waals surface area contributed by atoms with E-state index in [1.807, 2.05) is 0 Å². The topological polar surface area (TPSA) is 71.5 Å². The molecule has 0 saturated heterocycles. The highest BCUT2D eigenvalue weighted by atomic mass is 35.5. The monoisotopic (exact) mass is 360 g/mol. The van der Waals surface area contributed by atoms with Crippen LogP contribution in [0.25, 0.3) is 0 Å². The number of amides is 1. The molecule has 0 atom stereocenters. The average molecular weight is 361 g/mol. The number of hydrogen-bond donors (Lipinski definition) is 2. The fourth-order valence-electron chi connectivity index (χ4n) is 1.76. The lowest BCUT2D eigenvalue weighted by molar-refractivity contribution is -0.154. The molecule has 1 amide bonds. The quantitative estimate of drug-likeness (QED) is 0.858. The zero-order valence-corrected chi connectivity index (χ0v) is 12.9. The van der Waals surface area contributed by atoms with Crippen molar-refractivity contribution in [2.24, 2.45) is 0 Å². The van der Waals surface area contributed by atoms with E-state index in [0.29, 0.717) is 5.56 Å². The maximum atomic E-state index is 12.1. The Kier molecular flexibility index (Phi) is 5.50. The van der Waals surface area contributed by atoms with Crippen LogP contribution in [0.4, 0.5) is 13.2 Å². The summed E-state index contributed by atoms with van der Waals surface area (Å²) in [5, 5.41) is 12.4. The molecule has 0 unspecified atom stereocenters. The Morgan fingerprint density at radius 2 is 2.04 bits per heavy atom. The number of phenolic OH excluding ortho intramolecular Hbond substituents is 1. The van der Waals surface area contributed by atoms with Gasteiger partial charge in [-0.05, 0) is 29.8 Å². The molecule has 24 heavy (non-hydrogen) atoms. The van der Waals surface area contributed by atoms with Gasteiger partial charge in [0.05, 0.1) is 5.56 Å². The molecule has 1 aromatic heterocycles. The fraction of sp³-hybridized carbons (Fsp3) is 0.200. The Labute approximate surface area is 140 Å². The van der Waals surface area contributed by atoms with Crippen molar-refractivity contribution in [1.82, 2.24) is 10.3 Å². The molecule has 2 rings (SSSR count). The summed E-state index contributed by atoms with van der Waals surface area (Å²) in [5.74, 6) is -1.02. The van der Waals surface area contributed by atoms with Crippen LogP contribution in [0.2, 0.25) is 5.02 Å². The smallest absolute Gasteiger partial charge is 0.422 e. The third-order valence-corrected chi connectivity index (χ3v) is 3.07. The maximum Gasteiger partial charge on any atom is 0.422 e. The third kappa shape index (κ3) is 5.31. The number of aromatic nitrogens is 1. The Morgan fingerprint density at radius 3 is 2.75 bits per heavy atom. The van der Waals surface area contributed by atoms with Gasteiger partial charge in [-0.2, -0.15) is 13.2 Å². The summed E-state index contributed by atoms with van der Waals surface area (Å²) in [6.07, 6.45) is -3.19. The third-order valence-electron chi connectivity index (χ3n) is 2.84. The number of carbonyl (C=O) groups is 1. The highest BCUT2D eigenvalue weighted by molar-refractivity contribution is 6.31. The second-order valence-corrected chi connectivity index (χ2v) is 5.19. The van der Waals surface area contributed by atoms with Gasteiger partial charge in [0, 0.05) is 23.8 Å². The van der Waals surface area contributed by atoms with Gasteiger partial charge in [-0.1, -0.05) is 11.6 Å². The molecular weight excluding hydrogens is 349 g/mol. The zero-order valence-electron chi connectivity index (χ0n) is 12.1. The average Bonchev–Trinajstić information content (AvgIpc) is 2.53. The number of carbonyl (C=O) groups excluding carboxylic acids is 1. The van der Waals surface area contributed by atoms with Crippen LogP contribution in [0.15, 0.2) is 36.5 Å². The van der Waals surface area contributed by atoms with Crippen molar-refractivity contribution < 1.29 is 27.8 Å². The lowest BCUT2D eigenvalue weighted by atomic mass is 10.2. The summed E-state index contributed by atoms with van der Waals surface area (Å²) in [4.78, 5) is 15.7. The molecule has 0 spiro atoms. The normalized spacial score (nSPS) is 11.2. The molecule has 0 aliphatic heterocycles. The Bertz CT molecular complexity index is 738. The molecule has 0 fully saturated rings.